The van der Waals surface area contributed by atoms with Gasteiger partial charge in [-0.15, -0.1) is 0 Å². The predicted octanol–water partition coefficient (Wildman–Crippen LogP) is 5.56. The molecule has 2 aliphatic rings. The van der Waals surface area contributed by atoms with Crippen LogP contribution < -0.4 is 15.0 Å². The van der Waals surface area contributed by atoms with E-state index in [4.69, 9.17) is 4.74 Å². The van der Waals surface area contributed by atoms with Crippen LogP contribution in [0.2, 0.25) is 0 Å². The number of unbranched alkanes of at least 4 members (excludes halogenated alkanes) is 6. The van der Waals surface area contributed by atoms with Crippen LogP contribution in [0.3, 0.4) is 0 Å². The fourth-order valence-electron chi connectivity index (χ4n) is 4.67. The summed E-state index contributed by atoms with van der Waals surface area (Å²) >= 11 is 0. The molecule has 2 amide bonds. The number of nitrogens with one attached hydrogen (secondary N) is 1. The molecule has 0 aromatic heterocycles. The molecule has 7 heteroatoms. The van der Waals surface area contributed by atoms with E-state index in [9.17, 15) is 9.59 Å². The van der Waals surface area contributed by atoms with Crippen LogP contribution in [-0.4, -0.2) is 42.4 Å². The van der Waals surface area contributed by atoms with Crippen LogP contribution in [0.5, 0.6) is 5.75 Å². The average molecular weight is 491 g/mol. The van der Waals surface area contributed by atoms with Gasteiger partial charge in [0.05, 0.1) is 12.3 Å². The van der Waals surface area contributed by atoms with Crippen LogP contribution >= 0.6 is 0 Å². The van der Waals surface area contributed by atoms with Crippen LogP contribution in [0, 0.1) is 0 Å². The number of hydrogen-bond donors (Lipinski definition) is 1. The molecule has 36 heavy (non-hydrogen) atoms. The minimum absolute atomic E-state index is 0.0144. The first-order chi connectivity index (χ1) is 17.6. The van der Waals surface area contributed by atoms with Crippen LogP contribution in [0.1, 0.15) is 70.3 Å². The van der Waals surface area contributed by atoms with E-state index in [1.807, 2.05) is 58.3 Å². The molecule has 7 nitrogen and oxygen atoms in total. The number of guanidine groups is 1. The highest BCUT2D eigenvalue weighted by molar-refractivity contribution is 6.05. The highest BCUT2D eigenvalue weighted by Crippen LogP contribution is 2.31. The van der Waals surface area contributed by atoms with Crippen LogP contribution in [0.4, 0.5) is 11.4 Å². The maximum Gasteiger partial charge on any atom is 0.246 e. The number of hydrogen-bond acceptors (Lipinski definition) is 5. The minimum Gasteiger partial charge on any atom is -0.494 e. The second-order valence-electron chi connectivity index (χ2n) is 9.58. The fourth-order valence-corrected chi connectivity index (χ4v) is 4.67. The molecule has 0 atom stereocenters. The zero-order valence-corrected chi connectivity index (χ0v) is 21.4. The number of fused-ring (bicyclic) bond motifs is 2. The Bertz CT molecular complexity index is 1050. The normalized spacial score (nSPS) is 14.1. The van der Waals surface area contributed by atoms with Crippen molar-refractivity contribution in [1.82, 2.24) is 10.2 Å². The summed E-state index contributed by atoms with van der Waals surface area (Å²) in [5, 5.41) is 2.80. The minimum atomic E-state index is -0.0144. The molecule has 2 aromatic carbocycles. The van der Waals surface area contributed by atoms with Gasteiger partial charge in [0.2, 0.25) is 17.8 Å². The molecule has 0 spiro atoms. The van der Waals surface area contributed by atoms with Gasteiger partial charge in [-0.05, 0) is 43.0 Å². The third-order valence-corrected chi connectivity index (χ3v) is 6.69. The lowest BCUT2D eigenvalue weighted by Gasteiger charge is -2.23. The van der Waals surface area contributed by atoms with E-state index in [1.54, 1.807) is 0 Å². The molecule has 0 unspecified atom stereocenters. The molecule has 2 heterocycles. The molecule has 2 aromatic rings. The fraction of sp³-hybridized carbons (Fsp3) is 0.483. The maximum absolute atomic E-state index is 13.0. The Kier molecular flexibility index (Phi) is 9.36. The van der Waals surface area contributed by atoms with Crippen LogP contribution in [0.15, 0.2) is 53.5 Å². The predicted molar refractivity (Wildman–Crippen MR) is 144 cm³/mol. The van der Waals surface area contributed by atoms with Crippen molar-refractivity contribution in [1.29, 1.82) is 0 Å². The van der Waals surface area contributed by atoms with Gasteiger partial charge in [-0.25, -0.2) is 4.99 Å². The number of rotatable bonds is 14. The topological polar surface area (TPSA) is 74.2 Å². The van der Waals surface area contributed by atoms with E-state index in [0.717, 1.165) is 61.3 Å². The Hall–Kier alpha value is -3.35. The number of nitrogens with zero attached hydrogens (tertiary/aromatic N) is 3. The summed E-state index contributed by atoms with van der Waals surface area (Å²) in [5.41, 5.74) is 2.96. The smallest absolute Gasteiger partial charge is 0.246 e. The molecule has 1 N–H and O–H groups in total. The second-order valence-corrected chi connectivity index (χ2v) is 9.58. The Morgan fingerprint density at radius 1 is 1.00 bits per heavy atom. The number of carbonyl (C=O) groups is 2. The highest BCUT2D eigenvalue weighted by Gasteiger charge is 2.29. The van der Waals surface area contributed by atoms with Gasteiger partial charge in [-0.1, -0.05) is 63.3 Å². The summed E-state index contributed by atoms with van der Waals surface area (Å²) in [6.45, 7) is 4.70. The molecule has 192 valence electrons. The monoisotopic (exact) mass is 490 g/mol. The van der Waals surface area contributed by atoms with E-state index in [2.05, 4.69) is 17.2 Å². The molecule has 2 aliphatic heterocycles. The Labute approximate surface area is 214 Å². The number of benzene rings is 2. The molecule has 0 bridgehead atoms. The van der Waals surface area contributed by atoms with Crippen molar-refractivity contribution in [2.75, 3.05) is 24.6 Å². The molecule has 1 fully saturated rings. The number of aliphatic imine (C=N–C) groups is 1. The summed E-state index contributed by atoms with van der Waals surface area (Å²) in [6.07, 6.45) is 9.11. The Balaban J connectivity index is 1.15. The standard InChI is InChI=1S/C29H38N4O3/c1-2-3-4-11-18-33(24-13-8-7-9-14-24)28(35)15-10-5-6-12-19-36-25-17-16-23-21-32-22-27(34)31-29(32)30-26(23)20-25/h7-9,13-14,16-17,20H,2-6,10-12,15,18-19,21-22H2,1H3,(H,30,31,34). The van der Waals surface area contributed by atoms with Crippen molar-refractivity contribution in [2.45, 2.75) is 71.3 Å². The van der Waals surface area contributed by atoms with Gasteiger partial charge >= 0.3 is 0 Å². The third kappa shape index (κ3) is 7.09. The van der Waals surface area contributed by atoms with E-state index in [0.29, 0.717) is 32.1 Å². The van der Waals surface area contributed by atoms with Crippen molar-refractivity contribution < 1.29 is 14.3 Å². The lowest BCUT2D eigenvalue weighted by atomic mass is 10.1. The van der Waals surface area contributed by atoms with Crippen molar-refractivity contribution in [3.63, 3.8) is 0 Å². The van der Waals surface area contributed by atoms with Gasteiger partial charge < -0.3 is 14.5 Å². The van der Waals surface area contributed by atoms with Gasteiger partial charge in [0.15, 0.2) is 0 Å². The Morgan fingerprint density at radius 2 is 1.81 bits per heavy atom. The summed E-state index contributed by atoms with van der Waals surface area (Å²) in [7, 11) is 0. The van der Waals surface area contributed by atoms with Crippen molar-refractivity contribution in [2.24, 2.45) is 4.99 Å². The average Bonchev–Trinajstić information content (AvgIpc) is 3.25. The van der Waals surface area contributed by atoms with Crippen molar-refractivity contribution in [3.05, 3.63) is 54.1 Å². The van der Waals surface area contributed by atoms with Crippen molar-refractivity contribution in [3.8, 4) is 5.75 Å². The third-order valence-electron chi connectivity index (χ3n) is 6.69. The number of para-hydroxylation sites is 1. The van der Waals surface area contributed by atoms with Gasteiger partial charge in [-0.3, -0.25) is 14.9 Å². The lowest BCUT2D eigenvalue weighted by molar-refractivity contribution is -0.119. The Morgan fingerprint density at radius 3 is 2.64 bits per heavy atom. The van der Waals surface area contributed by atoms with Crippen molar-refractivity contribution >= 4 is 29.1 Å². The highest BCUT2D eigenvalue weighted by atomic mass is 16.5. The van der Waals surface area contributed by atoms with Gasteiger partial charge in [0.25, 0.3) is 0 Å². The molecular weight excluding hydrogens is 452 g/mol. The van der Waals surface area contributed by atoms with E-state index in [1.165, 1.54) is 19.3 Å². The molecule has 0 saturated carbocycles. The van der Waals surface area contributed by atoms with E-state index < -0.39 is 0 Å². The summed E-state index contributed by atoms with van der Waals surface area (Å²) < 4.78 is 5.95. The maximum atomic E-state index is 13.0. The lowest BCUT2D eigenvalue weighted by Crippen LogP contribution is -2.31. The molecule has 1 saturated heterocycles. The van der Waals surface area contributed by atoms with Gasteiger partial charge in [0.1, 0.15) is 12.3 Å². The SMILES string of the molecule is CCCCCCN(C(=O)CCCCCCOc1ccc2c(c1)N=C1NC(=O)CN1C2)c1ccccc1. The largest absolute Gasteiger partial charge is 0.494 e. The summed E-state index contributed by atoms with van der Waals surface area (Å²) in [4.78, 5) is 33.0. The zero-order chi connectivity index (χ0) is 25.2. The van der Waals surface area contributed by atoms with Gasteiger partial charge in [-0.2, -0.15) is 0 Å². The summed E-state index contributed by atoms with van der Waals surface area (Å²) in [5.74, 6) is 1.64. The zero-order valence-electron chi connectivity index (χ0n) is 21.4. The number of amides is 2. The number of ether oxygens (including phenoxy) is 1. The number of carbonyl (C=O) groups excluding carboxylic acids is 2. The van der Waals surface area contributed by atoms with Crippen LogP contribution in [-0.2, 0) is 16.1 Å². The molecular formula is C29H38N4O3. The van der Waals surface area contributed by atoms with E-state index in [-0.39, 0.29) is 11.8 Å². The quantitative estimate of drug-likeness (QED) is 0.352. The summed E-state index contributed by atoms with van der Waals surface area (Å²) in [6, 6.07) is 16.0. The second kappa shape index (κ2) is 13.1. The molecule has 0 radical (unpaired) electrons. The van der Waals surface area contributed by atoms with Crippen LogP contribution in [0.25, 0.3) is 0 Å². The first-order valence-corrected chi connectivity index (χ1v) is 13.4. The van der Waals surface area contributed by atoms with E-state index >= 15 is 0 Å². The molecule has 0 aliphatic carbocycles. The first kappa shape index (κ1) is 25.7. The number of anilines is 1. The molecule has 4 rings (SSSR count). The van der Waals surface area contributed by atoms with Gasteiger partial charge in [0, 0.05) is 31.3 Å². The first-order valence-electron chi connectivity index (χ1n) is 13.4.